The molecule has 0 spiro atoms. The second-order valence-corrected chi connectivity index (χ2v) is 11.4. The van der Waals surface area contributed by atoms with Crippen molar-refractivity contribution in [2.75, 3.05) is 11.4 Å². The maximum Gasteiger partial charge on any atom is 0.268 e. The smallest absolute Gasteiger partial charge is 0.268 e. The van der Waals surface area contributed by atoms with Gasteiger partial charge in [-0.1, -0.05) is 0 Å². The number of hydrogen-bond acceptors (Lipinski definition) is 5. The molecule has 1 aliphatic heterocycles. The van der Waals surface area contributed by atoms with Gasteiger partial charge in [0.2, 0.25) is 10.0 Å². The van der Waals surface area contributed by atoms with Gasteiger partial charge in [0.25, 0.3) is 5.91 Å². The molecule has 0 aliphatic carbocycles. The number of carbonyl (C=O) groups is 1. The molecule has 1 aromatic carbocycles. The molecule has 11 heteroatoms. The van der Waals surface area contributed by atoms with Crippen LogP contribution in [0.25, 0.3) is 5.52 Å². The zero-order chi connectivity index (χ0) is 24.1. The van der Waals surface area contributed by atoms with E-state index in [1.807, 2.05) is 0 Å². The number of benzene rings is 1. The number of carbonyl (C=O) groups excluding carboxylic acids is 1. The zero-order valence-corrected chi connectivity index (χ0v) is 19.0. The summed E-state index contributed by atoms with van der Waals surface area (Å²) in [5, 5.41) is 4.08. The molecule has 1 N–H and O–H groups in total. The Morgan fingerprint density at radius 2 is 1.91 bits per heavy atom. The van der Waals surface area contributed by atoms with Gasteiger partial charge in [0.1, 0.15) is 17.8 Å². The minimum atomic E-state index is -3.95. The molecule has 0 saturated carbocycles. The Labute approximate surface area is 189 Å². The third kappa shape index (κ3) is 4.29. The lowest BCUT2D eigenvalue weighted by molar-refractivity contribution is 0.0982. The van der Waals surface area contributed by atoms with Crippen molar-refractivity contribution in [1.82, 2.24) is 14.3 Å². The van der Waals surface area contributed by atoms with Crippen LogP contribution in [0.15, 0.2) is 42.7 Å². The second-order valence-electron chi connectivity index (χ2n) is 8.99. The number of hydrogen-bond donors (Lipinski definition) is 1. The molecule has 2 atom stereocenters. The standard InChI is InChI=1S/C22H23F3N4O3S/c1-22(2,3)33(31,32)27-21(30)17-11-26-29-7-6-15(10-20(17)29)28-12-14(24)9-19(28)16-8-13(23)4-5-18(16)25/h4-8,10-11,14,19H,9,12H2,1-3H3,(H,27,30)/t14?,19-/m1/s1. The molecule has 176 valence electrons. The lowest BCUT2D eigenvalue weighted by Crippen LogP contribution is -2.42. The van der Waals surface area contributed by atoms with E-state index in [0.717, 1.165) is 18.2 Å². The third-order valence-electron chi connectivity index (χ3n) is 5.68. The van der Waals surface area contributed by atoms with Gasteiger partial charge in [0, 0.05) is 30.4 Å². The number of aromatic nitrogens is 2. The summed E-state index contributed by atoms with van der Waals surface area (Å²) in [5.41, 5.74) is 0.798. The van der Waals surface area contributed by atoms with Gasteiger partial charge < -0.3 is 4.90 Å². The van der Waals surface area contributed by atoms with Crippen LogP contribution in [0.4, 0.5) is 18.9 Å². The van der Waals surface area contributed by atoms with Gasteiger partial charge in [-0.15, -0.1) is 0 Å². The molecule has 2 aromatic heterocycles. The predicted molar refractivity (Wildman–Crippen MR) is 117 cm³/mol. The van der Waals surface area contributed by atoms with Crippen LogP contribution >= 0.6 is 0 Å². The molecule has 3 heterocycles. The summed E-state index contributed by atoms with van der Waals surface area (Å²) in [6.45, 7) is 4.33. The van der Waals surface area contributed by atoms with Crippen LogP contribution in [-0.4, -0.2) is 41.4 Å². The van der Waals surface area contributed by atoms with Gasteiger partial charge in [-0.2, -0.15) is 5.10 Å². The summed E-state index contributed by atoms with van der Waals surface area (Å²) in [5.74, 6) is -2.12. The molecule has 0 radical (unpaired) electrons. The van der Waals surface area contributed by atoms with E-state index in [2.05, 4.69) is 9.82 Å². The Bertz CT molecular complexity index is 1330. The molecule has 7 nitrogen and oxygen atoms in total. The second kappa shape index (κ2) is 8.05. The van der Waals surface area contributed by atoms with Gasteiger partial charge in [-0.05, 0) is 51.1 Å². The van der Waals surface area contributed by atoms with Crippen LogP contribution in [0.3, 0.4) is 0 Å². The number of alkyl halides is 1. The van der Waals surface area contributed by atoms with Gasteiger partial charge in [0.05, 0.1) is 28.1 Å². The Balaban J connectivity index is 1.72. The van der Waals surface area contributed by atoms with E-state index in [1.54, 1.807) is 17.0 Å². The van der Waals surface area contributed by atoms with E-state index >= 15 is 0 Å². The highest BCUT2D eigenvalue weighted by Crippen LogP contribution is 2.39. The lowest BCUT2D eigenvalue weighted by Gasteiger charge is -2.27. The Morgan fingerprint density at radius 3 is 2.61 bits per heavy atom. The van der Waals surface area contributed by atoms with E-state index in [9.17, 15) is 26.4 Å². The molecule has 1 aliphatic rings. The van der Waals surface area contributed by atoms with Crippen molar-refractivity contribution in [2.45, 2.75) is 44.2 Å². The van der Waals surface area contributed by atoms with Crippen molar-refractivity contribution < 1.29 is 26.4 Å². The lowest BCUT2D eigenvalue weighted by atomic mass is 10.0. The number of amides is 1. The number of anilines is 1. The number of nitrogens with zero attached hydrogens (tertiary/aromatic N) is 3. The summed E-state index contributed by atoms with van der Waals surface area (Å²) in [6, 6.07) is 5.48. The number of nitrogens with one attached hydrogen (secondary N) is 1. The average molecular weight is 481 g/mol. The summed E-state index contributed by atoms with van der Waals surface area (Å²) < 4.78 is 69.6. The van der Waals surface area contributed by atoms with Crippen molar-refractivity contribution >= 4 is 27.1 Å². The van der Waals surface area contributed by atoms with Gasteiger partial charge in [-0.25, -0.2) is 30.8 Å². The normalized spacial score (nSPS) is 19.3. The Morgan fingerprint density at radius 1 is 1.18 bits per heavy atom. The largest absolute Gasteiger partial charge is 0.361 e. The van der Waals surface area contributed by atoms with E-state index in [0.29, 0.717) is 5.69 Å². The molecule has 33 heavy (non-hydrogen) atoms. The summed E-state index contributed by atoms with van der Waals surface area (Å²) in [7, 11) is -3.95. The highest BCUT2D eigenvalue weighted by Gasteiger charge is 2.36. The minimum Gasteiger partial charge on any atom is -0.361 e. The quantitative estimate of drug-likeness (QED) is 0.615. The average Bonchev–Trinajstić information content (AvgIpc) is 3.31. The fraction of sp³-hybridized carbons (Fsp3) is 0.364. The van der Waals surface area contributed by atoms with Crippen LogP contribution < -0.4 is 9.62 Å². The SMILES string of the molecule is CC(C)(C)S(=O)(=O)NC(=O)c1cnn2ccc(N3CC(F)C[C@@H]3c3cc(F)ccc3F)cc12. The first-order valence-corrected chi connectivity index (χ1v) is 11.8. The van der Waals surface area contributed by atoms with Crippen LogP contribution in [0, 0.1) is 11.6 Å². The van der Waals surface area contributed by atoms with Crippen molar-refractivity contribution in [3.05, 3.63) is 65.5 Å². The maximum absolute atomic E-state index is 14.4. The van der Waals surface area contributed by atoms with Crippen molar-refractivity contribution in [3.63, 3.8) is 0 Å². The molecular weight excluding hydrogens is 457 g/mol. The van der Waals surface area contributed by atoms with E-state index in [-0.39, 0.29) is 29.6 Å². The van der Waals surface area contributed by atoms with E-state index in [1.165, 1.54) is 37.7 Å². The molecule has 0 bridgehead atoms. The van der Waals surface area contributed by atoms with Crippen molar-refractivity contribution in [1.29, 1.82) is 0 Å². The van der Waals surface area contributed by atoms with E-state index < -0.39 is 44.5 Å². The first-order valence-electron chi connectivity index (χ1n) is 10.3. The number of halogens is 3. The van der Waals surface area contributed by atoms with Crippen molar-refractivity contribution in [3.8, 4) is 0 Å². The molecule has 1 saturated heterocycles. The Hall–Kier alpha value is -3.08. The van der Waals surface area contributed by atoms with Crippen LogP contribution in [-0.2, 0) is 10.0 Å². The van der Waals surface area contributed by atoms with Crippen LogP contribution in [0.2, 0.25) is 0 Å². The highest BCUT2D eigenvalue weighted by molar-refractivity contribution is 7.91. The molecule has 1 amide bonds. The molecular formula is C22H23F3N4O3S. The summed E-state index contributed by atoms with van der Waals surface area (Å²) in [4.78, 5) is 14.3. The minimum absolute atomic E-state index is 0.00848. The first kappa shape index (κ1) is 23.1. The maximum atomic E-state index is 14.4. The monoisotopic (exact) mass is 480 g/mol. The first-order chi connectivity index (χ1) is 15.4. The summed E-state index contributed by atoms with van der Waals surface area (Å²) in [6.07, 6.45) is 1.48. The number of rotatable bonds is 4. The number of pyridine rings is 1. The Kier molecular flexibility index (Phi) is 5.63. The van der Waals surface area contributed by atoms with Gasteiger partial charge >= 0.3 is 0 Å². The summed E-state index contributed by atoms with van der Waals surface area (Å²) >= 11 is 0. The number of sulfonamides is 1. The van der Waals surface area contributed by atoms with Gasteiger partial charge in [0.15, 0.2) is 0 Å². The molecule has 1 unspecified atom stereocenters. The number of fused-ring (bicyclic) bond motifs is 1. The topological polar surface area (TPSA) is 83.8 Å². The van der Waals surface area contributed by atoms with Crippen molar-refractivity contribution in [2.24, 2.45) is 0 Å². The van der Waals surface area contributed by atoms with Crippen LogP contribution in [0.1, 0.15) is 49.2 Å². The van der Waals surface area contributed by atoms with Gasteiger partial charge in [-0.3, -0.25) is 4.79 Å². The molecule has 4 rings (SSSR count). The molecule has 1 fully saturated rings. The fourth-order valence-electron chi connectivity index (χ4n) is 3.79. The van der Waals surface area contributed by atoms with Crippen LogP contribution in [0.5, 0.6) is 0 Å². The fourth-order valence-corrected chi connectivity index (χ4v) is 4.45. The molecule has 3 aromatic rings. The highest BCUT2D eigenvalue weighted by atomic mass is 32.2. The zero-order valence-electron chi connectivity index (χ0n) is 18.2. The predicted octanol–water partition coefficient (Wildman–Crippen LogP) is 3.76. The van der Waals surface area contributed by atoms with E-state index in [4.69, 9.17) is 0 Å². The third-order valence-corrected chi connectivity index (χ3v) is 7.75.